The van der Waals surface area contributed by atoms with E-state index in [4.69, 9.17) is 10.5 Å². The van der Waals surface area contributed by atoms with Crippen LogP contribution in [0.1, 0.15) is 0 Å². The fourth-order valence-electron chi connectivity index (χ4n) is 0.275. The van der Waals surface area contributed by atoms with E-state index in [2.05, 4.69) is 16.3 Å². The fourth-order valence-corrected chi connectivity index (χ4v) is 0.275. The third kappa shape index (κ3) is 1.82. The summed E-state index contributed by atoms with van der Waals surface area (Å²) in [5.74, 6) is -0.451. The smallest absolute Gasteiger partial charge is 0.463 e. The Morgan fingerprint density at radius 2 is 2.44 bits per heavy atom. The summed E-state index contributed by atoms with van der Waals surface area (Å²) in [5, 5.41) is 16.7. The second-order valence-corrected chi connectivity index (χ2v) is 1.20. The normalized spacial score (nSPS) is 11.1. The first-order chi connectivity index (χ1) is 4.26. The SMILES string of the molecule is C=C/C([N+]#N)=C(/O)OC. The first-order valence-electron chi connectivity index (χ1n) is 2.21. The van der Waals surface area contributed by atoms with E-state index in [0.717, 1.165) is 0 Å². The first-order valence-corrected chi connectivity index (χ1v) is 2.21. The van der Waals surface area contributed by atoms with Gasteiger partial charge >= 0.3 is 11.6 Å². The second-order valence-electron chi connectivity index (χ2n) is 1.20. The summed E-state index contributed by atoms with van der Waals surface area (Å²) in [7, 11) is 1.25. The molecule has 48 valence electrons. The topological polar surface area (TPSA) is 57.6 Å². The zero-order chi connectivity index (χ0) is 7.28. The van der Waals surface area contributed by atoms with Gasteiger partial charge in [0.2, 0.25) is 5.39 Å². The van der Waals surface area contributed by atoms with Crippen molar-refractivity contribution in [2.75, 3.05) is 7.11 Å². The Hall–Kier alpha value is -1.50. The highest BCUT2D eigenvalue weighted by Gasteiger charge is 2.13. The molecule has 0 aromatic carbocycles. The summed E-state index contributed by atoms with van der Waals surface area (Å²) in [6, 6.07) is 0. The number of hydrogen-bond acceptors (Lipinski definition) is 3. The molecule has 0 bridgehead atoms. The second kappa shape index (κ2) is 3.50. The molecule has 4 heteroatoms. The predicted octanol–water partition coefficient (Wildman–Crippen LogP) is 1.40. The fraction of sp³-hybridized carbons (Fsp3) is 0.200. The monoisotopic (exact) mass is 127 g/mol. The average molecular weight is 127 g/mol. The highest BCUT2D eigenvalue weighted by molar-refractivity contribution is 5.21. The van der Waals surface area contributed by atoms with E-state index >= 15 is 0 Å². The number of methoxy groups -OCH3 is 1. The van der Waals surface area contributed by atoms with Gasteiger partial charge in [0, 0.05) is 6.08 Å². The van der Waals surface area contributed by atoms with Crippen LogP contribution < -0.4 is 0 Å². The van der Waals surface area contributed by atoms with Crippen molar-refractivity contribution in [3.8, 4) is 0 Å². The van der Waals surface area contributed by atoms with Gasteiger partial charge in [0.05, 0.1) is 7.11 Å². The molecule has 0 rings (SSSR count). The number of diazo groups is 1. The van der Waals surface area contributed by atoms with Crippen molar-refractivity contribution < 1.29 is 9.84 Å². The van der Waals surface area contributed by atoms with E-state index in [9.17, 15) is 0 Å². The van der Waals surface area contributed by atoms with Gasteiger partial charge in [-0.3, -0.25) is 0 Å². The Morgan fingerprint density at radius 3 is 2.56 bits per heavy atom. The number of ether oxygens (including phenoxy) is 1. The lowest BCUT2D eigenvalue weighted by atomic mass is 10.5. The van der Waals surface area contributed by atoms with E-state index in [1.807, 2.05) is 0 Å². The molecule has 0 aliphatic rings. The lowest BCUT2D eigenvalue weighted by Gasteiger charge is -1.87. The summed E-state index contributed by atoms with van der Waals surface area (Å²) < 4.78 is 4.30. The van der Waals surface area contributed by atoms with Crippen LogP contribution in [0.5, 0.6) is 0 Å². The molecule has 0 unspecified atom stereocenters. The standard InChI is InChI=1S/C5H6N2O2/c1-3-4(7-6)5(8)9-2/h3H,1H2,2H3/p+1/b5-4+. The van der Waals surface area contributed by atoms with Crippen molar-refractivity contribution in [2.24, 2.45) is 0 Å². The molecule has 9 heavy (non-hydrogen) atoms. The van der Waals surface area contributed by atoms with Gasteiger partial charge in [-0.15, -0.1) is 0 Å². The van der Waals surface area contributed by atoms with Gasteiger partial charge in [-0.25, -0.2) is 0 Å². The van der Waals surface area contributed by atoms with Crippen molar-refractivity contribution >= 4 is 0 Å². The van der Waals surface area contributed by atoms with Gasteiger partial charge in [0.25, 0.3) is 0 Å². The highest BCUT2D eigenvalue weighted by atomic mass is 16.6. The van der Waals surface area contributed by atoms with Crippen LogP contribution in [0.15, 0.2) is 24.3 Å². The summed E-state index contributed by atoms with van der Waals surface area (Å²) >= 11 is 0. The van der Waals surface area contributed by atoms with Gasteiger partial charge in [0.1, 0.15) is 0 Å². The highest BCUT2D eigenvalue weighted by Crippen LogP contribution is 2.03. The van der Waals surface area contributed by atoms with E-state index in [1.165, 1.54) is 13.2 Å². The Morgan fingerprint density at radius 1 is 1.89 bits per heavy atom. The minimum atomic E-state index is -0.451. The van der Waals surface area contributed by atoms with E-state index in [0.29, 0.717) is 0 Å². The van der Waals surface area contributed by atoms with Crippen molar-refractivity contribution in [1.29, 1.82) is 5.39 Å². The Labute approximate surface area is 52.7 Å². The number of aliphatic hydroxyl groups is 1. The molecule has 0 heterocycles. The van der Waals surface area contributed by atoms with Crippen LogP contribution in [0.3, 0.4) is 0 Å². The average Bonchev–Trinajstić information content (AvgIpc) is 1.90. The molecule has 4 nitrogen and oxygen atoms in total. The number of aliphatic hydroxyl groups excluding tert-OH is 1. The van der Waals surface area contributed by atoms with E-state index in [-0.39, 0.29) is 5.70 Å². The molecule has 0 spiro atoms. The summed E-state index contributed by atoms with van der Waals surface area (Å²) in [6.07, 6.45) is 1.17. The molecular formula is C5H7N2O2+. The minimum absolute atomic E-state index is 0.0856. The minimum Gasteiger partial charge on any atom is -0.475 e. The van der Waals surface area contributed by atoms with Gasteiger partial charge < -0.3 is 9.84 Å². The van der Waals surface area contributed by atoms with Gasteiger partial charge in [-0.1, -0.05) is 6.58 Å². The van der Waals surface area contributed by atoms with Crippen molar-refractivity contribution in [3.05, 3.63) is 29.3 Å². The Kier molecular flexibility index (Phi) is 2.91. The zero-order valence-corrected chi connectivity index (χ0v) is 5.03. The molecule has 0 aliphatic carbocycles. The summed E-state index contributed by atoms with van der Waals surface area (Å²) in [6.45, 7) is 3.25. The van der Waals surface area contributed by atoms with Crippen LogP contribution in [0.2, 0.25) is 0 Å². The maximum Gasteiger partial charge on any atom is 0.463 e. The largest absolute Gasteiger partial charge is 0.475 e. The predicted molar refractivity (Wildman–Crippen MR) is 31.9 cm³/mol. The van der Waals surface area contributed by atoms with Crippen molar-refractivity contribution in [3.63, 3.8) is 0 Å². The zero-order valence-electron chi connectivity index (χ0n) is 5.03. The molecule has 1 N–H and O–H groups in total. The first kappa shape index (κ1) is 7.50. The summed E-state index contributed by atoms with van der Waals surface area (Å²) in [4.78, 5) is 2.66. The number of allylic oxidation sites excluding steroid dienone is 1. The van der Waals surface area contributed by atoms with Crippen molar-refractivity contribution in [2.45, 2.75) is 0 Å². The summed E-state index contributed by atoms with van der Waals surface area (Å²) in [5.41, 5.74) is -0.0856. The third-order valence-corrected chi connectivity index (χ3v) is 0.714. The third-order valence-electron chi connectivity index (χ3n) is 0.714. The molecule has 0 saturated heterocycles. The maximum atomic E-state index is 8.65. The van der Waals surface area contributed by atoms with Gasteiger partial charge in [0.15, 0.2) is 4.98 Å². The number of hydrogen-bond donors (Lipinski definition) is 1. The van der Waals surface area contributed by atoms with Crippen LogP contribution in [-0.4, -0.2) is 12.2 Å². The maximum absolute atomic E-state index is 8.65. The van der Waals surface area contributed by atoms with Crippen LogP contribution in [0.25, 0.3) is 4.98 Å². The Balaban J connectivity index is 4.43. The van der Waals surface area contributed by atoms with Gasteiger partial charge in [-0.05, 0) is 0 Å². The van der Waals surface area contributed by atoms with E-state index < -0.39 is 5.95 Å². The molecule has 0 fully saturated rings. The molecule has 0 amide bonds. The van der Waals surface area contributed by atoms with Crippen LogP contribution in [0.4, 0.5) is 0 Å². The Bertz CT molecular complexity index is 178. The molecule has 0 radical (unpaired) electrons. The van der Waals surface area contributed by atoms with E-state index in [1.54, 1.807) is 0 Å². The molecule has 0 aromatic rings. The molecule has 0 aliphatic heterocycles. The quantitative estimate of drug-likeness (QED) is 0.346. The number of nitrogens with zero attached hydrogens (tertiary/aromatic N) is 2. The van der Waals surface area contributed by atoms with Crippen LogP contribution in [-0.2, 0) is 4.74 Å². The lowest BCUT2D eigenvalue weighted by Crippen LogP contribution is -1.86. The molecule has 0 atom stereocenters. The van der Waals surface area contributed by atoms with Gasteiger partial charge in [-0.2, -0.15) is 0 Å². The van der Waals surface area contributed by atoms with Crippen molar-refractivity contribution in [1.82, 2.24) is 0 Å². The molecule has 0 aromatic heterocycles. The van der Waals surface area contributed by atoms with Crippen LogP contribution >= 0.6 is 0 Å². The molecular weight excluding hydrogens is 120 g/mol. The lowest BCUT2D eigenvalue weighted by molar-refractivity contribution is 0.133. The van der Waals surface area contributed by atoms with Crippen LogP contribution in [0, 0.1) is 5.39 Å². The molecule has 0 saturated carbocycles. The number of rotatable bonds is 2.